The summed E-state index contributed by atoms with van der Waals surface area (Å²) < 4.78 is 5.52. The molecule has 9 heteroatoms. The van der Waals surface area contributed by atoms with E-state index in [0.29, 0.717) is 21.7 Å². The first-order valence-corrected chi connectivity index (χ1v) is 9.56. The molecule has 0 fully saturated rings. The van der Waals surface area contributed by atoms with E-state index in [1.165, 1.54) is 22.7 Å². The van der Waals surface area contributed by atoms with Crippen molar-refractivity contribution in [3.8, 4) is 16.8 Å². The van der Waals surface area contributed by atoms with Crippen molar-refractivity contribution < 1.29 is 9.21 Å². The third-order valence-electron chi connectivity index (χ3n) is 3.22. The minimum atomic E-state index is -0.214. The molecule has 0 spiro atoms. The summed E-state index contributed by atoms with van der Waals surface area (Å²) in [5.41, 5.74) is 1.43. The fraction of sp³-hybridized carbons (Fsp3) is 0.200. The van der Waals surface area contributed by atoms with Crippen molar-refractivity contribution in [3.05, 3.63) is 33.5 Å². The Hall–Kier alpha value is -2.15. The normalized spacial score (nSPS) is 10.5. The highest BCUT2D eigenvalue weighted by Crippen LogP contribution is 2.32. The topological polar surface area (TPSA) is 91.8 Å². The molecule has 6 nitrogen and oxygen atoms in total. The number of anilines is 1. The number of aromatic nitrogens is 2. The monoisotopic (exact) mass is 376 g/mol. The van der Waals surface area contributed by atoms with Crippen LogP contribution in [-0.4, -0.2) is 21.9 Å². The van der Waals surface area contributed by atoms with Crippen LogP contribution in [0.3, 0.4) is 0 Å². The second kappa shape index (κ2) is 7.17. The number of nitriles is 1. The van der Waals surface area contributed by atoms with Gasteiger partial charge < -0.3 is 9.73 Å². The number of hydrogen-bond acceptors (Lipinski definition) is 8. The van der Waals surface area contributed by atoms with Gasteiger partial charge in [-0.1, -0.05) is 17.8 Å². The van der Waals surface area contributed by atoms with Gasteiger partial charge in [0, 0.05) is 4.88 Å². The van der Waals surface area contributed by atoms with E-state index in [1.807, 2.05) is 31.4 Å². The molecular weight excluding hydrogens is 364 g/mol. The van der Waals surface area contributed by atoms with Gasteiger partial charge in [0.1, 0.15) is 11.1 Å². The molecule has 3 heterocycles. The van der Waals surface area contributed by atoms with Crippen LogP contribution in [0.1, 0.15) is 16.0 Å². The lowest BCUT2D eigenvalue weighted by atomic mass is 10.2. The van der Waals surface area contributed by atoms with Crippen molar-refractivity contribution in [2.45, 2.75) is 19.1 Å². The molecule has 0 aliphatic heterocycles. The van der Waals surface area contributed by atoms with Crippen molar-refractivity contribution in [3.63, 3.8) is 0 Å². The van der Waals surface area contributed by atoms with E-state index in [2.05, 4.69) is 21.6 Å². The quantitative estimate of drug-likeness (QED) is 0.675. The van der Waals surface area contributed by atoms with Crippen molar-refractivity contribution >= 4 is 45.3 Å². The van der Waals surface area contributed by atoms with Crippen molar-refractivity contribution in [1.82, 2.24) is 10.2 Å². The molecule has 3 aromatic heterocycles. The molecule has 1 N–H and O–H groups in total. The highest BCUT2D eigenvalue weighted by atomic mass is 32.2. The Labute approximate surface area is 150 Å². The Kier molecular flexibility index (Phi) is 4.99. The number of thiophene rings is 2. The van der Waals surface area contributed by atoms with Gasteiger partial charge in [-0.25, -0.2) is 0 Å². The molecule has 0 saturated carbocycles. The van der Waals surface area contributed by atoms with Crippen LogP contribution >= 0.6 is 34.4 Å². The number of thioether (sulfide) groups is 1. The molecule has 3 rings (SSSR count). The number of nitrogens with zero attached hydrogens (tertiary/aromatic N) is 3. The standard InChI is InChI=1S/C15H12N4O2S3/c1-8-9(2)24-14(10(8)6-16)17-12(20)7-23-15-19-18-13(21-15)11-4-3-5-22-11/h3-5H,7H2,1-2H3,(H,17,20). The number of nitrogens with one attached hydrogen (secondary N) is 1. The van der Waals surface area contributed by atoms with E-state index in [1.54, 1.807) is 0 Å². The van der Waals surface area contributed by atoms with Gasteiger partial charge in [0.15, 0.2) is 0 Å². The minimum absolute atomic E-state index is 0.132. The largest absolute Gasteiger partial charge is 0.410 e. The van der Waals surface area contributed by atoms with Gasteiger partial charge in [-0.3, -0.25) is 4.79 Å². The summed E-state index contributed by atoms with van der Waals surface area (Å²) >= 11 is 4.08. The molecule has 3 aromatic rings. The SMILES string of the molecule is Cc1sc(NC(=O)CSc2nnc(-c3cccs3)o2)c(C#N)c1C. The van der Waals surface area contributed by atoms with Gasteiger partial charge in [0.05, 0.1) is 16.2 Å². The first-order chi connectivity index (χ1) is 11.6. The molecule has 0 unspecified atom stereocenters. The zero-order valence-electron chi connectivity index (χ0n) is 12.8. The molecule has 0 aromatic carbocycles. The van der Waals surface area contributed by atoms with Crippen LogP contribution < -0.4 is 5.32 Å². The number of carbonyl (C=O) groups is 1. The van der Waals surface area contributed by atoms with E-state index < -0.39 is 0 Å². The van der Waals surface area contributed by atoms with Crippen molar-refractivity contribution in [2.24, 2.45) is 0 Å². The summed E-state index contributed by atoms with van der Waals surface area (Å²) in [5, 5.41) is 22.7. The van der Waals surface area contributed by atoms with Gasteiger partial charge in [-0.2, -0.15) is 5.26 Å². The molecule has 0 aliphatic carbocycles. The first kappa shape index (κ1) is 16.7. The third-order valence-corrected chi connectivity index (χ3v) is 6.01. The van der Waals surface area contributed by atoms with Gasteiger partial charge in [-0.05, 0) is 30.9 Å². The zero-order chi connectivity index (χ0) is 17.1. The van der Waals surface area contributed by atoms with Crippen LogP contribution in [0.25, 0.3) is 10.8 Å². The lowest BCUT2D eigenvalue weighted by Gasteiger charge is -2.01. The number of aryl methyl sites for hydroxylation is 1. The Morgan fingerprint density at radius 3 is 3.00 bits per heavy atom. The second-order valence-electron chi connectivity index (χ2n) is 4.79. The summed E-state index contributed by atoms with van der Waals surface area (Å²) in [6.07, 6.45) is 0. The summed E-state index contributed by atoms with van der Waals surface area (Å²) in [7, 11) is 0. The lowest BCUT2D eigenvalue weighted by molar-refractivity contribution is -0.113. The van der Waals surface area contributed by atoms with Crippen LogP contribution in [0, 0.1) is 25.2 Å². The van der Waals surface area contributed by atoms with Gasteiger partial charge in [0.2, 0.25) is 5.91 Å². The number of carbonyl (C=O) groups excluding carboxylic acids is 1. The van der Waals surface area contributed by atoms with Crippen LogP contribution in [-0.2, 0) is 4.79 Å². The number of amides is 1. The molecule has 24 heavy (non-hydrogen) atoms. The van der Waals surface area contributed by atoms with Crippen LogP contribution in [0.5, 0.6) is 0 Å². The van der Waals surface area contributed by atoms with Crippen molar-refractivity contribution in [1.29, 1.82) is 5.26 Å². The van der Waals surface area contributed by atoms with Gasteiger partial charge in [-0.15, -0.1) is 32.9 Å². The number of hydrogen-bond donors (Lipinski definition) is 1. The van der Waals surface area contributed by atoms with E-state index in [0.717, 1.165) is 27.1 Å². The maximum Gasteiger partial charge on any atom is 0.277 e. The molecule has 0 bridgehead atoms. The van der Waals surface area contributed by atoms with E-state index in [4.69, 9.17) is 4.42 Å². The molecule has 0 atom stereocenters. The van der Waals surface area contributed by atoms with Gasteiger partial charge >= 0.3 is 0 Å². The van der Waals surface area contributed by atoms with E-state index in [9.17, 15) is 10.1 Å². The molecule has 0 aliphatic rings. The summed E-state index contributed by atoms with van der Waals surface area (Å²) in [5.74, 6) is 0.366. The Balaban J connectivity index is 1.60. The first-order valence-electron chi connectivity index (χ1n) is 6.88. The molecular formula is C15H12N4O2S3. The van der Waals surface area contributed by atoms with Crippen molar-refractivity contribution in [2.75, 3.05) is 11.1 Å². The Morgan fingerprint density at radius 1 is 1.46 bits per heavy atom. The second-order valence-corrected chi connectivity index (χ2v) is 7.89. The predicted octanol–water partition coefficient (Wildman–Crippen LogP) is 4.08. The average Bonchev–Trinajstić information content (AvgIpc) is 3.28. The molecule has 0 saturated heterocycles. The maximum absolute atomic E-state index is 12.1. The zero-order valence-corrected chi connectivity index (χ0v) is 15.3. The van der Waals surface area contributed by atoms with E-state index in [-0.39, 0.29) is 11.7 Å². The summed E-state index contributed by atoms with van der Waals surface area (Å²) in [6, 6.07) is 5.93. The fourth-order valence-corrected chi connectivity index (χ4v) is 4.14. The summed E-state index contributed by atoms with van der Waals surface area (Å²) in [4.78, 5) is 14.0. The molecule has 0 radical (unpaired) electrons. The van der Waals surface area contributed by atoms with Crippen LogP contribution in [0.15, 0.2) is 27.2 Å². The van der Waals surface area contributed by atoms with E-state index >= 15 is 0 Å². The highest BCUT2D eigenvalue weighted by molar-refractivity contribution is 7.99. The summed E-state index contributed by atoms with van der Waals surface area (Å²) in [6.45, 7) is 3.80. The third kappa shape index (κ3) is 3.51. The van der Waals surface area contributed by atoms with Crippen LogP contribution in [0.4, 0.5) is 5.00 Å². The fourth-order valence-electron chi connectivity index (χ4n) is 1.91. The Morgan fingerprint density at radius 2 is 2.29 bits per heavy atom. The lowest BCUT2D eigenvalue weighted by Crippen LogP contribution is -2.13. The van der Waals surface area contributed by atoms with Crippen LogP contribution in [0.2, 0.25) is 0 Å². The molecule has 1 amide bonds. The Bertz CT molecular complexity index is 906. The average molecular weight is 376 g/mol. The minimum Gasteiger partial charge on any atom is -0.410 e. The predicted molar refractivity (Wildman–Crippen MR) is 95.5 cm³/mol. The number of rotatable bonds is 5. The molecule has 122 valence electrons. The maximum atomic E-state index is 12.1. The smallest absolute Gasteiger partial charge is 0.277 e. The highest BCUT2D eigenvalue weighted by Gasteiger charge is 2.16. The van der Waals surface area contributed by atoms with Gasteiger partial charge in [0.25, 0.3) is 11.1 Å².